The SMILES string of the molecule is Cc1ccc(F)cc1S(=O)(=O)NC(C)c1cccc(Cl)c1. The average molecular weight is 328 g/mol. The lowest BCUT2D eigenvalue weighted by atomic mass is 10.1. The molecule has 0 aliphatic carbocycles. The van der Waals surface area contributed by atoms with Crippen LogP contribution in [-0.2, 0) is 10.0 Å². The lowest BCUT2D eigenvalue weighted by molar-refractivity contribution is 0.563. The third-order valence-electron chi connectivity index (χ3n) is 3.12. The van der Waals surface area contributed by atoms with Gasteiger partial charge in [-0.3, -0.25) is 0 Å². The molecule has 2 rings (SSSR count). The summed E-state index contributed by atoms with van der Waals surface area (Å²) in [5.41, 5.74) is 1.22. The third kappa shape index (κ3) is 3.81. The normalized spacial score (nSPS) is 13.1. The van der Waals surface area contributed by atoms with Crippen LogP contribution in [-0.4, -0.2) is 8.42 Å². The number of aryl methyl sites for hydroxylation is 1. The number of halogens is 2. The Hall–Kier alpha value is -1.43. The summed E-state index contributed by atoms with van der Waals surface area (Å²) in [7, 11) is -3.81. The molecule has 0 aliphatic rings. The Labute approximate surface area is 128 Å². The largest absolute Gasteiger partial charge is 0.241 e. The molecule has 1 unspecified atom stereocenters. The van der Waals surface area contributed by atoms with Crippen molar-refractivity contribution in [3.8, 4) is 0 Å². The molecule has 2 aromatic rings. The maximum Gasteiger partial charge on any atom is 0.241 e. The fraction of sp³-hybridized carbons (Fsp3) is 0.200. The van der Waals surface area contributed by atoms with E-state index >= 15 is 0 Å². The molecule has 0 aromatic heterocycles. The zero-order valence-corrected chi connectivity index (χ0v) is 13.2. The molecular formula is C15H15ClFNO2S. The van der Waals surface area contributed by atoms with E-state index in [9.17, 15) is 12.8 Å². The van der Waals surface area contributed by atoms with Crippen LogP contribution in [0, 0.1) is 12.7 Å². The molecule has 0 radical (unpaired) electrons. The number of sulfonamides is 1. The van der Waals surface area contributed by atoms with Crippen molar-refractivity contribution in [3.63, 3.8) is 0 Å². The van der Waals surface area contributed by atoms with Gasteiger partial charge in [0.1, 0.15) is 5.82 Å². The monoisotopic (exact) mass is 327 g/mol. The molecule has 0 saturated carbocycles. The van der Waals surface area contributed by atoms with E-state index in [2.05, 4.69) is 4.72 Å². The van der Waals surface area contributed by atoms with Crippen LogP contribution >= 0.6 is 11.6 Å². The van der Waals surface area contributed by atoms with E-state index in [1.807, 2.05) is 0 Å². The summed E-state index contributed by atoms with van der Waals surface area (Å²) in [6, 6.07) is 10.1. The summed E-state index contributed by atoms with van der Waals surface area (Å²) in [5.74, 6) is -0.587. The minimum absolute atomic E-state index is 0.0589. The van der Waals surface area contributed by atoms with E-state index in [1.165, 1.54) is 12.1 Å². The van der Waals surface area contributed by atoms with Crippen LogP contribution in [0.5, 0.6) is 0 Å². The maximum atomic E-state index is 13.3. The first-order chi connectivity index (χ1) is 9.79. The highest BCUT2D eigenvalue weighted by molar-refractivity contribution is 7.89. The Kier molecular flexibility index (Phi) is 4.66. The number of hydrogen-bond acceptors (Lipinski definition) is 2. The van der Waals surface area contributed by atoms with E-state index < -0.39 is 21.9 Å². The van der Waals surface area contributed by atoms with E-state index in [1.54, 1.807) is 38.1 Å². The average Bonchev–Trinajstić information content (AvgIpc) is 2.41. The maximum absolute atomic E-state index is 13.3. The molecule has 112 valence electrons. The highest BCUT2D eigenvalue weighted by Gasteiger charge is 2.21. The molecular weight excluding hydrogens is 313 g/mol. The van der Waals surface area contributed by atoms with Gasteiger partial charge in [0.2, 0.25) is 10.0 Å². The first-order valence-electron chi connectivity index (χ1n) is 6.33. The minimum atomic E-state index is -3.81. The van der Waals surface area contributed by atoms with Gasteiger partial charge in [0.05, 0.1) is 4.90 Å². The van der Waals surface area contributed by atoms with E-state index in [4.69, 9.17) is 11.6 Å². The number of rotatable bonds is 4. The molecule has 0 bridgehead atoms. The molecule has 0 fully saturated rings. The van der Waals surface area contributed by atoms with Crippen LogP contribution < -0.4 is 4.72 Å². The van der Waals surface area contributed by atoms with Crippen LogP contribution in [0.25, 0.3) is 0 Å². The quantitative estimate of drug-likeness (QED) is 0.927. The molecule has 0 spiro atoms. The highest BCUT2D eigenvalue weighted by Crippen LogP contribution is 2.22. The Morgan fingerprint density at radius 1 is 1.19 bits per heavy atom. The Morgan fingerprint density at radius 2 is 1.90 bits per heavy atom. The predicted octanol–water partition coefficient (Wildman–Crippen LogP) is 3.83. The predicted molar refractivity (Wildman–Crippen MR) is 81.3 cm³/mol. The van der Waals surface area contributed by atoms with Crippen LogP contribution in [0.2, 0.25) is 5.02 Å². The van der Waals surface area contributed by atoms with E-state index in [0.717, 1.165) is 11.6 Å². The van der Waals surface area contributed by atoms with Gasteiger partial charge >= 0.3 is 0 Å². The molecule has 21 heavy (non-hydrogen) atoms. The summed E-state index contributed by atoms with van der Waals surface area (Å²) in [6.45, 7) is 3.33. The summed E-state index contributed by atoms with van der Waals surface area (Å²) in [6.07, 6.45) is 0. The topological polar surface area (TPSA) is 46.2 Å². The number of nitrogens with one attached hydrogen (secondary N) is 1. The fourth-order valence-corrected chi connectivity index (χ4v) is 3.69. The van der Waals surface area contributed by atoms with E-state index in [-0.39, 0.29) is 4.90 Å². The molecule has 0 heterocycles. The van der Waals surface area contributed by atoms with Crippen LogP contribution in [0.3, 0.4) is 0 Å². The minimum Gasteiger partial charge on any atom is -0.207 e. The number of benzene rings is 2. The van der Waals surface area contributed by atoms with Gasteiger partial charge in [0.25, 0.3) is 0 Å². The van der Waals surface area contributed by atoms with Crippen LogP contribution in [0.15, 0.2) is 47.4 Å². The zero-order valence-electron chi connectivity index (χ0n) is 11.6. The second kappa shape index (κ2) is 6.13. The van der Waals surface area contributed by atoms with Gasteiger partial charge in [0.15, 0.2) is 0 Å². The zero-order chi connectivity index (χ0) is 15.6. The van der Waals surface area contributed by atoms with Gasteiger partial charge in [-0.1, -0.05) is 29.8 Å². The van der Waals surface area contributed by atoms with Gasteiger partial charge in [-0.25, -0.2) is 17.5 Å². The Balaban J connectivity index is 2.31. The molecule has 6 heteroatoms. The number of hydrogen-bond donors (Lipinski definition) is 1. The van der Waals surface area contributed by atoms with Gasteiger partial charge in [-0.15, -0.1) is 0 Å². The highest BCUT2D eigenvalue weighted by atomic mass is 35.5. The molecule has 1 atom stereocenters. The van der Waals surface area contributed by atoms with Gasteiger partial charge in [-0.2, -0.15) is 0 Å². The van der Waals surface area contributed by atoms with Crippen molar-refractivity contribution in [2.75, 3.05) is 0 Å². The Bertz CT molecular complexity index is 762. The van der Waals surface area contributed by atoms with Crippen molar-refractivity contribution >= 4 is 21.6 Å². The van der Waals surface area contributed by atoms with Crippen molar-refractivity contribution in [2.45, 2.75) is 24.8 Å². The standard InChI is InChI=1S/C15H15ClFNO2S/c1-10-6-7-14(17)9-15(10)21(19,20)18-11(2)12-4-3-5-13(16)8-12/h3-9,11,18H,1-2H3. The van der Waals surface area contributed by atoms with Crippen LogP contribution in [0.1, 0.15) is 24.1 Å². The smallest absolute Gasteiger partial charge is 0.207 e. The lowest BCUT2D eigenvalue weighted by Crippen LogP contribution is -2.27. The third-order valence-corrected chi connectivity index (χ3v) is 5.04. The van der Waals surface area contributed by atoms with Crippen molar-refractivity contribution in [2.24, 2.45) is 0 Å². The fourth-order valence-electron chi connectivity index (χ4n) is 2.00. The summed E-state index contributed by atoms with van der Waals surface area (Å²) >= 11 is 5.90. The van der Waals surface area contributed by atoms with Crippen molar-refractivity contribution in [1.82, 2.24) is 4.72 Å². The molecule has 0 amide bonds. The van der Waals surface area contributed by atoms with Crippen molar-refractivity contribution in [1.29, 1.82) is 0 Å². The first kappa shape index (κ1) is 15.9. The van der Waals surface area contributed by atoms with E-state index in [0.29, 0.717) is 10.6 Å². The van der Waals surface area contributed by atoms with Crippen molar-refractivity contribution < 1.29 is 12.8 Å². The Morgan fingerprint density at radius 3 is 2.57 bits per heavy atom. The van der Waals surface area contributed by atoms with Gasteiger partial charge in [-0.05, 0) is 49.2 Å². The first-order valence-corrected chi connectivity index (χ1v) is 8.19. The van der Waals surface area contributed by atoms with Gasteiger partial charge in [0, 0.05) is 11.1 Å². The summed E-state index contributed by atoms with van der Waals surface area (Å²) in [5, 5.41) is 0.528. The van der Waals surface area contributed by atoms with Gasteiger partial charge < -0.3 is 0 Å². The molecule has 2 aromatic carbocycles. The second-order valence-electron chi connectivity index (χ2n) is 4.81. The molecule has 0 aliphatic heterocycles. The lowest BCUT2D eigenvalue weighted by Gasteiger charge is -2.16. The second-order valence-corrected chi connectivity index (χ2v) is 6.93. The summed E-state index contributed by atoms with van der Waals surface area (Å²) in [4.78, 5) is -0.0589. The molecule has 3 nitrogen and oxygen atoms in total. The molecule has 1 N–H and O–H groups in total. The van der Waals surface area contributed by atoms with Crippen LogP contribution in [0.4, 0.5) is 4.39 Å². The van der Waals surface area contributed by atoms with Crippen molar-refractivity contribution in [3.05, 3.63) is 64.4 Å². The summed E-state index contributed by atoms with van der Waals surface area (Å²) < 4.78 is 40.5. The molecule has 0 saturated heterocycles.